The molecule has 6 heteroatoms. The third-order valence-electron chi connectivity index (χ3n) is 2.81. The zero-order valence-electron chi connectivity index (χ0n) is 13.3. The van der Waals surface area contributed by atoms with Crippen LogP contribution < -0.4 is 15.5 Å². The SMILES string of the molecule is CCCNC(=O)CC(C)=NNC(=O)COc1ccccc1C. The quantitative estimate of drug-likeness (QED) is 0.567. The monoisotopic (exact) mass is 305 g/mol. The molecule has 2 amide bonds. The van der Waals surface area contributed by atoms with Crippen molar-refractivity contribution < 1.29 is 14.3 Å². The number of hydrogen-bond acceptors (Lipinski definition) is 4. The maximum Gasteiger partial charge on any atom is 0.277 e. The second kappa shape index (κ2) is 9.55. The number of amides is 2. The minimum absolute atomic E-state index is 0.103. The van der Waals surface area contributed by atoms with Gasteiger partial charge in [0.15, 0.2) is 6.61 Å². The Morgan fingerprint density at radius 3 is 2.64 bits per heavy atom. The average molecular weight is 305 g/mol. The van der Waals surface area contributed by atoms with Crippen molar-refractivity contribution in [3.63, 3.8) is 0 Å². The number of para-hydroxylation sites is 1. The first-order valence-corrected chi connectivity index (χ1v) is 7.30. The lowest BCUT2D eigenvalue weighted by Crippen LogP contribution is -2.28. The van der Waals surface area contributed by atoms with E-state index in [0.29, 0.717) is 18.0 Å². The second-order valence-corrected chi connectivity index (χ2v) is 4.96. The summed E-state index contributed by atoms with van der Waals surface area (Å²) in [7, 11) is 0. The van der Waals surface area contributed by atoms with Crippen LogP contribution in [0.3, 0.4) is 0 Å². The van der Waals surface area contributed by atoms with Crippen molar-refractivity contribution in [2.45, 2.75) is 33.6 Å². The maximum absolute atomic E-state index is 11.6. The number of rotatable bonds is 8. The number of benzene rings is 1. The van der Waals surface area contributed by atoms with Crippen molar-refractivity contribution in [2.24, 2.45) is 5.10 Å². The Morgan fingerprint density at radius 1 is 1.23 bits per heavy atom. The Balaban J connectivity index is 2.34. The smallest absolute Gasteiger partial charge is 0.277 e. The highest BCUT2D eigenvalue weighted by Crippen LogP contribution is 2.15. The molecule has 0 atom stereocenters. The predicted molar refractivity (Wildman–Crippen MR) is 85.8 cm³/mol. The van der Waals surface area contributed by atoms with Gasteiger partial charge in [0, 0.05) is 12.3 Å². The van der Waals surface area contributed by atoms with Gasteiger partial charge in [-0.25, -0.2) is 5.43 Å². The fourth-order valence-corrected chi connectivity index (χ4v) is 1.65. The molecule has 1 aromatic carbocycles. The van der Waals surface area contributed by atoms with Crippen molar-refractivity contribution in [1.29, 1.82) is 0 Å². The molecule has 6 nitrogen and oxygen atoms in total. The first-order valence-electron chi connectivity index (χ1n) is 7.30. The van der Waals surface area contributed by atoms with Crippen molar-refractivity contribution in [2.75, 3.05) is 13.2 Å². The summed E-state index contributed by atoms with van der Waals surface area (Å²) in [6, 6.07) is 7.45. The molecule has 22 heavy (non-hydrogen) atoms. The zero-order valence-corrected chi connectivity index (χ0v) is 13.3. The minimum atomic E-state index is -0.364. The molecule has 0 aliphatic heterocycles. The van der Waals surface area contributed by atoms with Crippen LogP contribution in [0.2, 0.25) is 0 Å². The fourth-order valence-electron chi connectivity index (χ4n) is 1.65. The van der Waals surface area contributed by atoms with Gasteiger partial charge in [-0.15, -0.1) is 0 Å². The first-order chi connectivity index (χ1) is 10.5. The van der Waals surface area contributed by atoms with Crippen LogP contribution in [0.4, 0.5) is 0 Å². The molecular weight excluding hydrogens is 282 g/mol. The Hall–Kier alpha value is -2.37. The molecule has 0 aliphatic rings. The van der Waals surface area contributed by atoms with Crippen molar-refractivity contribution in [3.05, 3.63) is 29.8 Å². The number of ether oxygens (including phenoxy) is 1. The van der Waals surface area contributed by atoms with E-state index in [4.69, 9.17) is 4.74 Å². The topological polar surface area (TPSA) is 79.8 Å². The predicted octanol–water partition coefficient (Wildman–Crippen LogP) is 1.78. The molecule has 0 bridgehead atoms. The van der Waals surface area contributed by atoms with E-state index < -0.39 is 0 Å². The second-order valence-electron chi connectivity index (χ2n) is 4.96. The van der Waals surface area contributed by atoms with Gasteiger partial charge >= 0.3 is 0 Å². The van der Waals surface area contributed by atoms with E-state index in [1.807, 2.05) is 32.0 Å². The third kappa shape index (κ3) is 6.88. The molecule has 1 aromatic rings. The minimum Gasteiger partial charge on any atom is -0.483 e. The molecule has 2 N–H and O–H groups in total. The molecule has 0 heterocycles. The Morgan fingerprint density at radius 2 is 1.95 bits per heavy atom. The molecule has 0 fully saturated rings. The molecule has 0 spiro atoms. The Kier molecular flexibility index (Phi) is 7.67. The van der Waals surface area contributed by atoms with Gasteiger partial charge in [-0.05, 0) is 31.9 Å². The van der Waals surface area contributed by atoms with Crippen LogP contribution in [0.25, 0.3) is 0 Å². The van der Waals surface area contributed by atoms with Gasteiger partial charge in [0.2, 0.25) is 5.91 Å². The normalized spacial score (nSPS) is 11.0. The summed E-state index contributed by atoms with van der Waals surface area (Å²) in [6.07, 6.45) is 1.05. The van der Waals surface area contributed by atoms with Crippen LogP contribution in [-0.4, -0.2) is 30.7 Å². The van der Waals surface area contributed by atoms with Crippen LogP contribution >= 0.6 is 0 Å². The molecule has 120 valence electrons. The van der Waals surface area contributed by atoms with E-state index in [1.165, 1.54) is 0 Å². The fraction of sp³-hybridized carbons (Fsp3) is 0.438. The van der Waals surface area contributed by atoms with Gasteiger partial charge in [-0.1, -0.05) is 25.1 Å². The highest BCUT2D eigenvalue weighted by Gasteiger charge is 2.05. The van der Waals surface area contributed by atoms with Gasteiger partial charge in [-0.3, -0.25) is 9.59 Å². The standard InChI is InChI=1S/C16H23N3O3/c1-4-9-17-15(20)10-13(3)18-19-16(21)11-22-14-8-6-5-7-12(14)2/h5-8H,4,9-11H2,1-3H3,(H,17,20)(H,19,21). The van der Waals surface area contributed by atoms with E-state index in [0.717, 1.165) is 12.0 Å². The summed E-state index contributed by atoms with van der Waals surface area (Å²) in [5.41, 5.74) is 3.88. The van der Waals surface area contributed by atoms with Gasteiger partial charge in [0.05, 0.1) is 6.42 Å². The van der Waals surface area contributed by atoms with E-state index in [-0.39, 0.29) is 24.8 Å². The molecule has 0 radical (unpaired) electrons. The summed E-state index contributed by atoms with van der Waals surface area (Å²) in [5, 5.41) is 6.63. The van der Waals surface area contributed by atoms with Crippen LogP contribution in [-0.2, 0) is 9.59 Å². The average Bonchev–Trinajstić information content (AvgIpc) is 2.50. The summed E-state index contributed by atoms with van der Waals surface area (Å²) < 4.78 is 5.40. The van der Waals surface area contributed by atoms with E-state index in [9.17, 15) is 9.59 Å². The molecule has 0 saturated carbocycles. The number of carbonyl (C=O) groups is 2. The molecule has 1 rings (SSSR count). The van der Waals surface area contributed by atoms with Crippen LogP contribution in [0.1, 0.15) is 32.3 Å². The molecule has 0 aromatic heterocycles. The molecular formula is C16H23N3O3. The zero-order chi connectivity index (χ0) is 16.4. The molecule has 0 saturated heterocycles. The highest BCUT2D eigenvalue weighted by molar-refractivity contribution is 6.00. The lowest BCUT2D eigenvalue weighted by atomic mass is 10.2. The number of carbonyl (C=O) groups excluding carboxylic acids is 2. The number of hydrazone groups is 1. The number of nitrogens with zero attached hydrogens (tertiary/aromatic N) is 1. The maximum atomic E-state index is 11.6. The summed E-state index contributed by atoms with van der Waals surface area (Å²) in [4.78, 5) is 23.1. The first kappa shape index (κ1) is 17.7. The van der Waals surface area contributed by atoms with Crippen LogP contribution in [0, 0.1) is 6.92 Å². The van der Waals surface area contributed by atoms with E-state index >= 15 is 0 Å². The number of hydrogen-bond donors (Lipinski definition) is 2. The van der Waals surface area contributed by atoms with Crippen molar-refractivity contribution in [1.82, 2.24) is 10.7 Å². The third-order valence-corrected chi connectivity index (χ3v) is 2.81. The van der Waals surface area contributed by atoms with Crippen molar-refractivity contribution in [3.8, 4) is 5.75 Å². The molecule has 0 aliphatic carbocycles. The van der Waals surface area contributed by atoms with Gasteiger partial charge in [0.1, 0.15) is 5.75 Å². The number of nitrogens with one attached hydrogen (secondary N) is 2. The Labute approximate surface area is 130 Å². The lowest BCUT2D eigenvalue weighted by Gasteiger charge is -2.08. The van der Waals surface area contributed by atoms with Crippen LogP contribution in [0.5, 0.6) is 5.75 Å². The highest BCUT2D eigenvalue weighted by atomic mass is 16.5. The van der Waals surface area contributed by atoms with Gasteiger partial charge < -0.3 is 10.1 Å². The lowest BCUT2D eigenvalue weighted by molar-refractivity contribution is -0.123. The Bertz CT molecular complexity index is 541. The van der Waals surface area contributed by atoms with Gasteiger partial charge in [0.25, 0.3) is 5.91 Å². The van der Waals surface area contributed by atoms with E-state index in [1.54, 1.807) is 13.0 Å². The summed E-state index contributed by atoms with van der Waals surface area (Å²) >= 11 is 0. The molecule has 0 unspecified atom stereocenters. The summed E-state index contributed by atoms with van der Waals surface area (Å²) in [5.74, 6) is 0.197. The van der Waals surface area contributed by atoms with Crippen LogP contribution in [0.15, 0.2) is 29.4 Å². The number of aryl methyl sites for hydroxylation is 1. The largest absolute Gasteiger partial charge is 0.483 e. The van der Waals surface area contributed by atoms with Crippen molar-refractivity contribution >= 4 is 17.5 Å². The van der Waals surface area contributed by atoms with Gasteiger partial charge in [-0.2, -0.15) is 5.10 Å². The summed E-state index contributed by atoms with van der Waals surface area (Å²) in [6.45, 7) is 6.10. The van der Waals surface area contributed by atoms with E-state index in [2.05, 4.69) is 15.8 Å².